The molecular formula is C16H22N4O2. The Kier molecular flexibility index (Phi) is 3.78. The molecule has 0 N–H and O–H groups in total. The molecule has 6 heteroatoms. The zero-order chi connectivity index (χ0) is 15.9. The molecule has 2 aromatic rings. The molecule has 6 nitrogen and oxygen atoms in total. The normalized spacial score (nSPS) is 19.6. The van der Waals surface area contributed by atoms with E-state index in [1.807, 2.05) is 42.6 Å². The first-order chi connectivity index (χ1) is 10.5. The van der Waals surface area contributed by atoms with E-state index in [2.05, 4.69) is 16.9 Å². The predicted molar refractivity (Wildman–Crippen MR) is 82.7 cm³/mol. The lowest BCUT2D eigenvalue weighted by molar-refractivity contribution is 0.0527. The van der Waals surface area contributed by atoms with Crippen LogP contribution < -0.4 is 0 Å². The number of imidazole rings is 1. The van der Waals surface area contributed by atoms with E-state index >= 15 is 0 Å². The number of aryl methyl sites for hydroxylation is 3. The predicted octanol–water partition coefficient (Wildman–Crippen LogP) is 1.76. The summed E-state index contributed by atoms with van der Waals surface area (Å²) in [5.74, 6) is 2.49. The number of aromatic nitrogens is 2. The van der Waals surface area contributed by atoms with Gasteiger partial charge in [-0.05, 0) is 27.0 Å². The highest BCUT2D eigenvalue weighted by Crippen LogP contribution is 2.24. The molecule has 3 rings (SSSR count). The molecular weight excluding hydrogens is 280 g/mol. The third-order valence-corrected chi connectivity index (χ3v) is 4.36. The lowest BCUT2D eigenvalue weighted by Crippen LogP contribution is -2.49. The summed E-state index contributed by atoms with van der Waals surface area (Å²) in [6.45, 7) is 5.90. The molecule has 0 radical (unpaired) electrons. The Morgan fingerprint density at radius 2 is 2.09 bits per heavy atom. The zero-order valence-electron chi connectivity index (χ0n) is 13.5. The summed E-state index contributed by atoms with van der Waals surface area (Å²) in [6.07, 6.45) is 3.74. The van der Waals surface area contributed by atoms with Crippen LogP contribution in [-0.2, 0) is 7.05 Å². The smallest absolute Gasteiger partial charge is 0.257 e. The van der Waals surface area contributed by atoms with Gasteiger partial charge in [-0.3, -0.25) is 9.69 Å². The SMILES string of the molecule is Cc1cc(C(=O)N2CCN(C)[C@H](c3nccn3C)C2)c(C)o1. The quantitative estimate of drug-likeness (QED) is 0.848. The number of carbonyl (C=O) groups is 1. The summed E-state index contributed by atoms with van der Waals surface area (Å²) >= 11 is 0. The van der Waals surface area contributed by atoms with Gasteiger partial charge >= 0.3 is 0 Å². The van der Waals surface area contributed by atoms with Gasteiger partial charge in [0.2, 0.25) is 0 Å². The van der Waals surface area contributed by atoms with Crippen molar-refractivity contribution in [2.45, 2.75) is 19.9 Å². The second kappa shape index (κ2) is 5.61. The van der Waals surface area contributed by atoms with Crippen molar-refractivity contribution in [3.63, 3.8) is 0 Å². The van der Waals surface area contributed by atoms with E-state index in [-0.39, 0.29) is 11.9 Å². The molecule has 0 bridgehead atoms. The van der Waals surface area contributed by atoms with Crippen LogP contribution in [0.5, 0.6) is 0 Å². The number of carbonyl (C=O) groups excluding carboxylic acids is 1. The molecule has 0 aromatic carbocycles. The summed E-state index contributed by atoms with van der Waals surface area (Å²) in [7, 11) is 4.06. The second-order valence-corrected chi connectivity index (χ2v) is 5.97. The van der Waals surface area contributed by atoms with Gasteiger partial charge in [-0.15, -0.1) is 0 Å². The van der Waals surface area contributed by atoms with Gasteiger partial charge in [-0.2, -0.15) is 0 Å². The summed E-state index contributed by atoms with van der Waals surface area (Å²) in [5, 5.41) is 0. The standard InChI is InChI=1S/C16H22N4O2/c1-11-9-13(12(2)22-11)16(21)20-8-7-18(3)14(10-20)15-17-5-6-19(15)4/h5-6,9,14H,7-8,10H2,1-4H3/t14-/m0/s1. The molecule has 0 spiro atoms. The van der Waals surface area contributed by atoms with Crippen molar-refractivity contribution in [1.82, 2.24) is 19.4 Å². The van der Waals surface area contributed by atoms with Gasteiger partial charge in [-0.25, -0.2) is 4.98 Å². The number of rotatable bonds is 2. The van der Waals surface area contributed by atoms with E-state index in [9.17, 15) is 4.79 Å². The van der Waals surface area contributed by atoms with Crippen LogP contribution in [-0.4, -0.2) is 51.9 Å². The fraction of sp³-hybridized carbons (Fsp3) is 0.500. The topological polar surface area (TPSA) is 54.5 Å². The molecule has 0 unspecified atom stereocenters. The molecule has 1 amide bonds. The van der Waals surface area contributed by atoms with Crippen LogP contribution in [0.2, 0.25) is 0 Å². The Morgan fingerprint density at radius 3 is 2.68 bits per heavy atom. The number of hydrogen-bond donors (Lipinski definition) is 0. The highest BCUT2D eigenvalue weighted by Gasteiger charge is 2.32. The van der Waals surface area contributed by atoms with Gasteiger partial charge < -0.3 is 13.9 Å². The van der Waals surface area contributed by atoms with Gasteiger partial charge in [0.25, 0.3) is 5.91 Å². The van der Waals surface area contributed by atoms with Gasteiger partial charge in [0.15, 0.2) is 0 Å². The maximum Gasteiger partial charge on any atom is 0.257 e. The summed E-state index contributed by atoms with van der Waals surface area (Å²) in [5.41, 5.74) is 0.667. The van der Waals surface area contributed by atoms with Crippen molar-refractivity contribution in [2.24, 2.45) is 7.05 Å². The Labute approximate surface area is 130 Å². The maximum absolute atomic E-state index is 12.8. The van der Waals surface area contributed by atoms with E-state index in [0.29, 0.717) is 17.9 Å². The van der Waals surface area contributed by atoms with Crippen molar-refractivity contribution in [1.29, 1.82) is 0 Å². The van der Waals surface area contributed by atoms with E-state index in [4.69, 9.17) is 4.42 Å². The van der Waals surface area contributed by atoms with E-state index in [0.717, 1.165) is 24.7 Å². The molecule has 118 valence electrons. The first-order valence-corrected chi connectivity index (χ1v) is 7.51. The Morgan fingerprint density at radius 1 is 1.32 bits per heavy atom. The Hall–Kier alpha value is -2.08. The molecule has 3 heterocycles. The van der Waals surface area contributed by atoms with Crippen molar-refractivity contribution in [3.05, 3.63) is 41.4 Å². The first kappa shape index (κ1) is 14.8. The van der Waals surface area contributed by atoms with Gasteiger partial charge in [-0.1, -0.05) is 0 Å². The highest BCUT2D eigenvalue weighted by atomic mass is 16.3. The second-order valence-electron chi connectivity index (χ2n) is 5.97. The zero-order valence-corrected chi connectivity index (χ0v) is 13.5. The number of likely N-dealkylation sites (N-methyl/N-ethyl adjacent to an activating group) is 1. The minimum absolute atomic E-state index is 0.0432. The lowest BCUT2D eigenvalue weighted by atomic mass is 10.1. The third-order valence-electron chi connectivity index (χ3n) is 4.36. The van der Waals surface area contributed by atoms with Crippen LogP contribution in [0.4, 0.5) is 0 Å². The number of nitrogens with zero attached hydrogens (tertiary/aromatic N) is 4. The molecule has 1 aliphatic heterocycles. The number of piperazine rings is 1. The molecule has 1 saturated heterocycles. The monoisotopic (exact) mass is 302 g/mol. The minimum atomic E-state index is 0.0432. The van der Waals surface area contributed by atoms with Crippen molar-refractivity contribution in [2.75, 3.05) is 26.7 Å². The molecule has 1 atom stereocenters. The molecule has 1 aliphatic rings. The Balaban J connectivity index is 1.83. The van der Waals surface area contributed by atoms with E-state index in [1.54, 1.807) is 6.20 Å². The molecule has 2 aromatic heterocycles. The van der Waals surface area contributed by atoms with Gasteiger partial charge in [0.05, 0.1) is 11.6 Å². The largest absolute Gasteiger partial charge is 0.466 e. The van der Waals surface area contributed by atoms with Crippen LogP contribution in [0.3, 0.4) is 0 Å². The van der Waals surface area contributed by atoms with E-state index in [1.165, 1.54) is 0 Å². The average molecular weight is 302 g/mol. The number of amides is 1. The van der Waals surface area contributed by atoms with Crippen molar-refractivity contribution < 1.29 is 9.21 Å². The van der Waals surface area contributed by atoms with Crippen LogP contribution >= 0.6 is 0 Å². The lowest BCUT2D eigenvalue weighted by Gasteiger charge is -2.38. The summed E-state index contributed by atoms with van der Waals surface area (Å²) in [4.78, 5) is 21.4. The highest BCUT2D eigenvalue weighted by molar-refractivity contribution is 5.95. The fourth-order valence-electron chi connectivity index (χ4n) is 3.05. The fourth-order valence-corrected chi connectivity index (χ4v) is 3.05. The van der Waals surface area contributed by atoms with Crippen LogP contribution in [0.15, 0.2) is 22.9 Å². The molecule has 1 fully saturated rings. The molecule has 0 saturated carbocycles. The first-order valence-electron chi connectivity index (χ1n) is 7.51. The number of hydrogen-bond acceptors (Lipinski definition) is 4. The van der Waals surface area contributed by atoms with Crippen LogP contribution in [0, 0.1) is 13.8 Å². The summed E-state index contributed by atoms with van der Waals surface area (Å²) in [6, 6.07) is 1.94. The average Bonchev–Trinajstić information content (AvgIpc) is 3.04. The minimum Gasteiger partial charge on any atom is -0.466 e. The van der Waals surface area contributed by atoms with Crippen LogP contribution in [0.25, 0.3) is 0 Å². The van der Waals surface area contributed by atoms with E-state index < -0.39 is 0 Å². The molecule has 0 aliphatic carbocycles. The van der Waals surface area contributed by atoms with Crippen molar-refractivity contribution in [3.8, 4) is 0 Å². The maximum atomic E-state index is 12.8. The van der Waals surface area contributed by atoms with Crippen LogP contribution in [0.1, 0.15) is 33.7 Å². The molecule has 22 heavy (non-hydrogen) atoms. The van der Waals surface area contributed by atoms with Crippen molar-refractivity contribution >= 4 is 5.91 Å². The van der Waals surface area contributed by atoms with Gasteiger partial charge in [0, 0.05) is 39.1 Å². The number of furan rings is 1. The third kappa shape index (κ3) is 2.54. The Bertz CT molecular complexity index is 688. The van der Waals surface area contributed by atoms with Gasteiger partial charge in [0.1, 0.15) is 17.3 Å². The summed E-state index contributed by atoms with van der Waals surface area (Å²) < 4.78 is 7.51.